The molecule has 1 N–H and O–H groups in total. The number of piperidine rings is 1. The van der Waals surface area contributed by atoms with Gasteiger partial charge >= 0.3 is 0 Å². The molecule has 180 valence electrons. The van der Waals surface area contributed by atoms with Crippen molar-refractivity contribution in [3.63, 3.8) is 0 Å². The highest BCUT2D eigenvalue weighted by atomic mass is 32.2. The second-order valence-corrected chi connectivity index (χ2v) is 11.1. The third kappa shape index (κ3) is 5.48. The van der Waals surface area contributed by atoms with Gasteiger partial charge < -0.3 is 4.74 Å². The Morgan fingerprint density at radius 2 is 1.88 bits per heavy atom. The monoisotopic (exact) mass is 499 g/mol. The number of ether oxygens (including phenoxy) is 1. The highest BCUT2D eigenvalue weighted by Gasteiger charge is 2.30. The number of sulfonamides is 1. The summed E-state index contributed by atoms with van der Waals surface area (Å²) in [7, 11) is -3.57. The SMILES string of the molecule is CCCOc1ccc(-c2csc(NC(=O)c3ccc(S(=O)(=O)N4CCCCC4C)cc3)n2)cc1. The molecular weight excluding hydrogens is 470 g/mol. The standard InChI is InChI=1S/C25H29N3O4S2/c1-3-16-32-21-11-7-19(8-12-21)23-17-33-25(26-23)27-24(29)20-9-13-22(14-10-20)34(30,31)28-15-5-4-6-18(28)2/h7-14,17-18H,3-6,15-16H2,1-2H3,(H,26,27,29). The summed E-state index contributed by atoms with van der Waals surface area (Å²) in [6, 6.07) is 13.8. The Kier molecular flexibility index (Phi) is 7.65. The molecule has 7 nitrogen and oxygen atoms in total. The molecule has 1 aromatic heterocycles. The molecule has 0 bridgehead atoms. The number of rotatable bonds is 8. The Labute approximate surface area is 204 Å². The molecule has 1 saturated heterocycles. The number of carbonyl (C=O) groups is 1. The molecule has 1 amide bonds. The van der Waals surface area contributed by atoms with Crippen LogP contribution < -0.4 is 10.1 Å². The van der Waals surface area contributed by atoms with Crippen molar-refractivity contribution in [2.24, 2.45) is 0 Å². The molecule has 2 heterocycles. The van der Waals surface area contributed by atoms with E-state index in [1.807, 2.05) is 36.6 Å². The summed E-state index contributed by atoms with van der Waals surface area (Å²) in [5.74, 6) is 0.481. The van der Waals surface area contributed by atoms with Crippen molar-refractivity contribution >= 4 is 32.4 Å². The molecule has 1 aliphatic rings. The van der Waals surface area contributed by atoms with Crippen LogP contribution in [0.5, 0.6) is 5.75 Å². The van der Waals surface area contributed by atoms with E-state index in [9.17, 15) is 13.2 Å². The topological polar surface area (TPSA) is 88.6 Å². The lowest BCUT2D eigenvalue weighted by atomic mass is 10.1. The lowest BCUT2D eigenvalue weighted by Gasteiger charge is -2.32. The van der Waals surface area contributed by atoms with E-state index in [4.69, 9.17) is 4.74 Å². The van der Waals surface area contributed by atoms with Gasteiger partial charge in [-0.05, 0) is 74.7 Å². The van der Waals surface area contributed by atoms with Gasteiger partial charge in [0.25, 0.3) is 5.91 Å². The first-order valence-corrected chi connectivity index (χ1v) is 13.8. The van der Waals surface area contributed by atoms with Gasteiger partial charge in [0.2, 0.25) is 10.0 Å². The largest absolute Gasteiger partial charge is 0.494 e. The summed E-state index contributed by atoms with van der Waals surface area (Å²) >= 11 is 1.34. The highest BCUT2D eigenvalue weighted by molar-refractivity contribution is 7.89. The van der Waals surface area contributed by atoms with Crippen LogP contribution in [0.1, 0.15) is 49.9 Å². The number of nitrogens with one attached hydrogen (secondary N) is 1. The van der Waals surface area contributed by atoms with E-state index in [0.717, 1.165) is 42.7 Å². The zero-order valence-electron chi connectivity index (χ0n) is 19.4. The molecule has 1 fully saturated rings. The number of thiazole rings is 1. The zero-order chi connectivity index (χ0) is 24.1. The maximum Gasteiger partial charge on any atom is 0.257 e. The molecule has 2 aromatic carbocycles. The Morgan fingerprint density at radius 1 is 1.15 bits per heavy atom. The molecular formula is C25H29N3O4S2. The van der Waals surface area contributed by atoms with Crippen LogP contribution in [-0.4, -0.2) is 42.8 Å². The van der Waals surface area contributed by atoms with Gasteiger partial charge in [-0.3, -0.25) is 10.1 Å². The minimum atomic E-state index is -3.57. The average molecular weight is 500 g/mol. The number of hydrogen-bond acceptors (Lipinski definition) is 6. The second-order valence-electron chi connectivity index (χ2n) is 8.35. The van der Waals surface area contributed by atoms with Crippen molar-refractivity contribution in [3.8, 4) is 17.0 Å². The lowest BCUT2D eigenvalue weighted by Crippen LogP contribution is -2.41. The van der Waals surface area contributed by atoms with Gasteiger partial charge in [0, 0.05) is 29.1 Å². The first-order chi connectivity index (χ1) is 16.4. The zero-order valence-corrected chi connectivity index (χ0v) is 21.0. The van der Waals surface area contributed by atoms with Crippen LogP contribution in [-0.2, 0) is 10.0 Å². The number of anilines is 1. The molecule has 1 unspecified atom stereocenters. The normalized spacial score (nSPS) is 16.8. The highest BCUT2D eigenvalue weighted by Crippen LogP contribution is 2.28. The third-order valence-electron chi connectivity index (χ3n) is 5.81. The molecule has 1 atom stereocenters. The molecule has 0 aliphatic carbocycles. The number of nitrogens with zero attached hydrogens (tertiary/aromatic N) is 2. The van der Waals surface area contributed by atoms with Gasteiger partial charge in [0.05, 0.1) is 17.2 Å². The molecule has 9 heteroatoms. The summed E-state index contributed by atoms with van der Waals surface area (Å²) in [4.78, 5) is 17.4. The Morgan fingerprint density at radius 3 is 2.56 bits per heavy atom. The quantitative estimate of drug-likeness (QED) is 0.447. The van der Waals surface area contributed by atoms with Crippen molar-refractivity contribution in [2.45, 2.75) is 50.5 Å². The summed E-state index contributed by atoms with van der Waals surface area (Å²) in [6.07, 6.45) is 3.74. The Hall–Kier alpha value is -2.75. The molecule has 4 rings (SSSR count). The summed E-state index contributed by atoms with van der Waals surface area (Å²) in [5, 5.41) is 5.16. The van der Waals surface area contributed by atoms with Crippen LogP contribution in [0.15, 0.2) is 58.8 Å². The first-order valence-electron chi connectivity index (χ1n) is 11.5. The molecule has 1 aliphatic heterocycles. The van der Waals surface area contributed by atoms with Crippen LogP contribution in [0.2, 0.25) is 0 Å². The number of hydrogen-bond donors (Lipinski definition) is 1. The van der Waals surface area contributed by atoms with E-state index in [-0.39, 0.29) is 16.8 Å². The second kappa shape index (κ2) is 10.7. The maximum atomic E-state index is 13.0. The van der Waals surface area contributed by atoms with Gasteiger partial charge in [-0.15, -0.1) is 11.3 Å². The van der Waals surface area contributed by atoms with Crippen LogP contribution in [0, 0.1) is 0 Å². The van der Waals surface area contributed by atoms with Gasteiger partial charge in [-0.2, -0.15) is 4.31 Å². The fourth-order valence-corrected chi connectivity index (χ4v) is 6.33. The first kappa shape index (κ1) is 24.4. The predicted molar refractivity (Wildman–Crippen MR) is 135 cm³/mol. The summed E-state index contributed by atoms with van der Waals surface area (Å²) in [6.45, 7) is 5.21. The van der Waals surface area contributed by atoms with Gasteiger partial charge in [0.15, 0.2) is 5.13 Å². The fourth-order valence-electron chi connectivity index (χ4n) is 3.92. The van der Waals surface area contributed by atoms with E-state index in [2.05, 4.69) is 17.2 Å². The average Bonchev–Trinajstić information content (AvgIpc) is 3.31. The van der Waals surface area contributed by atoms with E-state index < -0.39 is 10.0 Å². The molecule has 0 saturated carbocycles. The Bertz CT molecular complexity index is 1220. The van der Waals surface area contributed by atoms with Crippen LogP contribution in [0.25, 0.3) is 11.3 Å². The van der Waals surface area contributed by atoms with E-state index >= 15 is 0 Å². The van der Waals surface area contributed by atoms with Crippen LogP contribution in [0.3, 0.4) is 0 Å². The Balaban J connectivity index is 1.41. The number of amides is 1. The van der Waals surface area contributed by atoms with Crippen LogP contribution in [0.4, 0.5) is 5.13 Å². The fraction of sp³-hybridized carbons (Fsp3) is 0.360. The van der Waals surface area contributed by atoms with Crippen molar-refractivity contribution in [3.05, 3.63) is 59.5 Å². The van der Waals surface area contributed by atoms with Crippen LogP contribution >= 0.6 is 11.3 Å². The smallest absolute Gasteiger partial charge is 0.257 e. The lowest BCUT2D eigenvalue weighted by molar-refractivity contribution is 0.102. The van der Waals surface area contributed by atoms with Crippen molar-refractivity contribution in [1.29, 1.82) is 0 Å². The van der Waals surface area contributed by atoms with E-state index in [1.54, 1.807) is 16.4 Å². The number of carbonyl (C=O) groups excluding carboxylic acids is 1. The summed E-state index contributed by atoms with van der Waals surface area (Å²) < 4.78 is 33.1. The number of benzene rings is 2. The molecule has 0 radical (unpaired) electrons. The van der Waals surface area contributed by atoms with E-state index in [1.165, 1.54) is 23.5 Å². The summed E-state index contributed by atoms with van der Waals surface area (Å²) in [5.41, 5.74) is 2.07. The van der Waals surface area contributed by atoms with Crippen molar-refractivity contribution < 1.29 is 17.9 Å². The maximum absolute atomic E-state index is 13.0. The third-order valence-corrected chi connectivity index (χ3v) is 8.60. The minimum Gasteiger partial charge on any atom is -0.494 e. The predicted octanol–water partition coefficient (Wildman–Crippen LogP) is 5.41. The van der Waals surface area contributed by atoms with Gasteiger partial charge in [-0.25, -0.2) is 13.4 Å². The number of aromatic nitrogens is 1. The van der Waals surface area contributed by atoms with Gasteiger partial charge in [-0.1, -0.05) is 13.3 Å². The molecule has 0 spiro atoms. The molecule has 3 aromatic rings. The molecule has 34 heavy (non-hydrogen) atoms. The van der Waals surface area contributed by atoms with Gasteiger partial charge in [0.1, 0.15) is 5.75 Å². The van der Waals surface area contributed by atoms with Crippen molar-refractivity contribution in [2.75, 3.05) is 18.5 Å². The van der Waals surface area contributed by atoms with E-state index in [0.29, 0.717) is 23.8 Å². The minimum absolute atomic E-state index is 0.0131. The van der Waals surface area contributed by atoms with Crippen molar-refractivity contribution in [1.82, 2.24) is 9.29 Å².